The van der Waals surface area contributed by atoms with Gasteiger partial charge in [0.2, 0.25) is 12.9 Å². The van der Waals surface area contributed by atoms with Crippen LogP contribution in [0.3, 0.4) is 0 Å². The van der Waals surface area contributed by atoms with Gasteiger partial charge < -0.3 is 0 Å². The Kier molecular flexibility index (Phi) is 3.53. The Morgan fingerprint density at radius 1 is 1.00 bits per heavy atom. The maximum absolute atomic E-state index is 11.3. The van der Waals surface area contributed by atoms with E-state index >= 15 is 0 Å². The standard InChI is InChI=1S/C4H5F4O/c5-3(6)2(1-9)4(7)8/h2-4H,1H2. The van der Waals surface area contributed by atoms with Crippen molar-refractivity contribution in [3.05, 3.63) is 0 Å². The summed E-state index contributed by atoms with van der Waals surface area (Å²) in [6.45, 7) is -1.42. The SMILES string of the molecule is [O]CC(C(F)F)C(F)F. The quantitative estimate of drug-likeness (QED) is 0.537. The first-order chi connectivity index (χ1) is 4.09. The van der Waals surface area contributed by atoms with Crippen LogP contribution in [0.4, 0.5) is 17.6 Å². The van der Waals surface area contributed by atoms with Crippen molar-refractivity contribution in [1.29, 1.82) is 0 Å². The molecule has 0 N–H and O–H groups in total. The van der Waals surface area contributed by atoms with Crippen LogP contribution in [0.1, 0.15) is 0 Å². The van der Waals surface area contributed by atoms with E-state index in [4.69, 9.17) is 0 Å². The van der Waals surface area contributed by atoms with Crippen molar-refractivity contribution in [1.82, 2.24) is 0 Å². The molecule has 0 aromatic heterocycles. The molecule has 0 saturated carbocycles. The topological polar surface area (TPSA) is 19.9 Å². The molecule has 0 unspecified atom stereocenters. The maximum Gasteiger partial charge on any atom is 0.249 e. The van der Waals surface area contributed by atoms with Crippen LogP contribution in [-0.4, -0.2) is 19.5 Å². The molecule has 0 bridgehead atoms. The fourth-order valence-corrected chi connectivity index (χ4v) is 0.255. The molecule has 0 saturated heterocycles. The van der Waals surface area contributed by atoms with Gasteiger partial charge in [0.1, 0.15) is 5.92 Å². The second-order valence-corrected chi connectivity index (χ2v) is 1.50. The fraction of sp³-hybridized carbons (Fsp3) is 1.00. The predicted molar refractivity (Wildman–Crippen MR) is 21.1 cm³/mol. The average molecular weight is 145 g/mol. The van der Waals surface area contributed by atoms with Crippen molar-refractivity contribution in [2.45, 2.75) is 12.9 Å². The van der Waals surface area contributed by atoms with E-state index in [1.54, 1.807) is 0 Å². The molecule has 0 aliphatic rings. The summed E-state index contributed by atoms with van der Waals surface area (Å²) in [5.74, 6) is -2.30. The van der Waals surface area contributed by atoms with E-state index < -0.39 is 25.4 Å². The molecular formula is C4H5F4O. The predicted octanol–water partition coefficient (Wildman–Crippen LogP) is 1.56. The van der Waals surface area contributed by atoms with Crippen LogP contribution in [0.2, 0.25) is 0 Å². The molecule has 0 aromatic rings. The van der Waals surface area contributed by atoms with E-state index in [0.717, 1.165) is 0 Å². The van der Waals surface area contributed by atoms with Crippen molar-refractivity contribution in [2.24, 2.45) is 5.92 Å². The third-order valence-electron chi connectivity index (χ3n) is 0.840. The van der Waals surface area contributed by atoms with Gasteiger partial charge in [-0.1, -0.05) is 0 Å². The van der Waals surface area contributed by atoms with Gasteiger partial charge >= 0.3 is 0 Å². The third kappa shape index (κ3) is 2.64. The number of hydrogen-bond acceptors (Lipinski definition) is 0. The zero-order chi connectivity index (χ0) is 7.44. The van der Waals surface area contributed by atoms with Crippen LogP contribution in [0.5, 0.6) is 0 Å². The summed E-state index contributed by atoms with van der Waals surface area (Å²) in [5.41, 5.74) is 0. The summed E-state index contributed by atoms with van der Waals surface area (Å²) in [6, 6.07) is 0. The lowest BCUT2D eigenvalue weighted by atomic mass is 10.2. The summed E-state index contributed by atoms with van der Waals surface area (Å²) in [7, 11) is 0. The lowest BCUT2D eigenvalue weighted by molar-refractivity contribution is -0.0643. The number of alkyl halides is 4. The zero-order valence-electron chi connectivity index (χ0n) is 4.36. The highest BCUT2D eigenvalue weighted by molar-refractivity contribution is 4.60. The highest BCUT2D eigenvalue weighted by Crippen LogP contribution is 2.17. The molecular weight excluding hydrogens is 140 g/mol. The Hall–Kier alpha value is -0.320. The molecule has 55 valence electrons. The number of rotatable bonds is 3. The first kappa shape index (κ1) is 8.68. The Morgan fingerprint density at radius 2 is 1.33 bits per heavy atom. The molecule has 0 amide bonds. The van der Waals surface area contributed by atoms with Crippen LogP contribution in [-0.2, 0) is 5.11 Å². The molecule has 0 aromatic carbocycles. The first-order valence-corrected chi connectivity index (χ1v) is 2.24. The Balaban J connectivity index is 3.68. The van der Waals surface area contributed by atoms with Crippen LogP contribution in [0.25, 0.3) is 0 Å². The monoisotopic (exact) mass is 145 g/mol. The number of hydrogen-bond donors (Lipinski definition) is 0. The fourth-order valence-electron chi connectivity index (χ4n) is 0.255. The van der Waals surface area contributed by atoms with Crippen molar-refractivity contribution < 1.29 is 22.7 Å². The molecule has 1 radical (unpaired) electrons. The van der Waals surface area contributed by atoms with Crippen LogP contribution in [0.15, 0.2) is 0 Å². The van der Waals surface area contributed by atoms with E-state index in [2.05, 4.69) is 0 Å². The molecule has 0 aliphatic heterocycles. The Morgan fingerprint density at radius 3 is 1.33 bits per heavy atom. The van der Waals surface area contributed by atoms with Crippen molar-refractivity contribution in [2.75, 3.05) is 6.61 Å². The summed E-state index contributed by atoms with van der Waals surface area (Å²) >= 11 is 0. The van der Waals surface area contributed by atoms with Crippen LogP contribution >= 0.6 is 0 Å². The van der Waals surface area contributed by atoms with Crippen LogP contribution in [0, 0.1) is 5.92 Å². The van der Waals surface area contributed by atoms with E-state index in [1.807, 2.05) is 0 Å². The van der Waals surface area contributed by atoms with Gasteiger partial charge in [-0.3, -0.25) is 0 Å². The molecule has 0 heterocycles. The molecule has 0 rings (SSSR count). The summed E-state index contributed by atoms with van der Waals surface area (Å²) in [4.78, 5) is 0. The van der Waals surface area contributed by atoms with Gasteiger partial charge in [0, 0.05) is 0 Å². The minimum Gasteiger partial charge on any atom is -0.236 e. The zero-order valence-corrected chi connectivity index (χ0v) is 4.36. The Bertz CT molecular complexity index is 67.0. The van der Waals surface area contributed by atoms with Gasteiger partial charge in [-0.15, -0.1) is 0 Å². The average Bonchev–Trinajstić information content (AvgIpc) is 1.64. The second kappa shape index (κ2) is 3.66. The molecule has 5 heteroatoms. The minimum atomic E-state index is -3.21. The van der Waals surface area contributed by atoms with Gasteiger partial charge in [0.25, 0.3) is 0 Å². The maximum atomic E-state index is 11.3. The molecule has 0 spiro atoms. The van der Waals surface area contributed by atoms with Crippen molar-refractivity contribution >= 4 is 0 Å². The van der Waals surface area contributed by atoms with E-state index in [-0.39, 0.29) is 0 Å². The van der Waals surface area contributed by atoms with Gasteiger partial charge in [-0.2, -0.15) is 0 Å². The van der Waals surface area contributed by atoms with Crippen molar-refractivity contribution in [3.63, 3.8) is 0 Å². The Labute approximate surface area is 49.3 Å². The third-order valence-corrected chi connectivity index (χ3v) is 0.840. The highest BCUT2D eigenvalue weighted by Gasteiger charge is 2.29. The normalized spacial score (nSPS) is 12.0. The van der Waals surface area contributed by atoms with E-state index in [9.17, 15) is 22.7 Å². The summed E-state index contributed by atoms with van der Waals surface area (Å²) in [6.07, 6.45) is -6.41. The summed E-state index contributed by atoms with van der Waals surface area (Å²) < 4.78 is 45.1. The summed E-state index contributed by atoms with van der Waals surface area (Å²) in [5, 5.41) is 9.55. The molecule has 9 heavy (non-hydrogen) atoms. The van der Waals surface area contributed by atoms with E-state index in [0.29, 0.717) is 0 Å². The van der Waals surface area contributed by atoms with Crippen molar-refractivity contribution in [3.8, 4) is 0 Å². The smallest absolute Gasteiger partial charge is 0.236 e. The molecule has 0 aliphatic carbocycles. The lowest BCUT2D eigenvalue weighted by Gasteiger charge is -2.08. The second-order valence-electron chi connectivity index (χ2n) is 1.50. The first-order valence-electron chi connectivity index (χ1n) is 2.24. The van der Waals surface area contributed by atoms with Crippen LogP contribution < -0.4 is 0 Å². The van der Waals surface area contributed by atoms with Gasteiger partial charge in [0.15, 0.2) is 0 Å². The molecule has 0 fully saturated rings. The largest absolute Gasteiger partial charge is 0.249 e. The van der Waals surface area contributed by atoms with Gasteiger partial charge in [-0.25, -0.2) is 22.7 Å². The molecule has 1 nitrogen and oxygen atoms in total. The lowest BCUT2D eigenvalue weighted by Crippen LogP contribution is -2.23. The van der Waals surface area contributed by atoms with Gasteiger partial charge in [-0.05, 0) is 0 Å². The highest BCUT2D eigenvalue weighted by atomic mass is 19.3. The number of halogens is 4. The minimum absolute atomic E-state index is 1.42. The van der Waals surface area contributed by atoms with Gasteiger partial charge in [0.05, 0.1) is 6.61 Å². The van der Waals surface area contributed by atoms with E-state index in [1.165, 1.54) is 0 Å². The molecule has 0 atom stereocenters.